The lowest BCUT2D eigenvalue weighted by Crippen LogP contribution is -2.64. The van der Waals surface area contributed by atoms with E-state index in [0.29, 0.717) is 0 Å². The van der Waals surface area contributed by atoms with E-state index in [1.807, 2.05) is 5.32 Å². The van der Waals surface area contributed by atoms with E-state index in [0.717, 1.165) is 0 Å². The molecular weight excluding hydrogens is 297 g/mol. The molecule has 10 nitrogen and oxygen atoms in total. The molecule has 20 heavy (non-hydrogen) atoms. The number of phosphoric ester groups is 1. The second-order valence-electron chi connectivity index (χ2n) is 3.95. The minimum Gasteiger partial charge on any atom is -0.394 e. The summed E-state index contributed by atoms with van der Waals surface area (Å²) in [6.45, 7) is -0.741. The Labute approximate surface area is 113 Å². The average molecular weight is 311 g/mol. The standard InChI is InChI=1S/C9H14NO9P/c1-2-5(12)10-6-8(14)7(13)4(3-11)18-9(6)19-20(15,16)17/h1,4,6-9,11,13-14H,3H2,(H,10,12)(H2,15,16,17)/t4-,6-,7+,8-,9-/m1/s1. The zero-order chi connectivity index (χ0) is 15.5. The molecule has 6 N–H and O–H groups in total. The van der Waals surface area contributed by atoms with Crippen LogP contribution in [0.4, 0.5) is 0 Å². The molecule has 1 heterocycles. The third kappa shape index (κ3) is 4.24. The van der Waals surface area contributed by atoms with Crippen LogP contribution in [-0.2, 0) is 18.6 Å². The van der Waals surface area contributed by atoms with E-state index < -0.39 is 51.0 Å². The van der Waals surface area contributed by atoms with Crippen LogP contribution in [0.25, 0.3) is 0 Å². The second kappa shape index (κ2) is 6.62. The minimum atomic E-state index is -5.01. The Morgan fingerprint density at radius 1 is 1.40 bits per heavy atom. The lowest BCUT2D eigenvalue weighted by atomic mass is 9.97. The van der Waals surface area contributed by atoms with Crippen molar-refractivity contribution < 1.29 is 43.7 Å². The van der Waals surface area contributed by atoms with Gasteiger partial charge in [-0.25, -0.2) is 4.57 Å². The van der Waals surface area contributed by atoms with Crippen molar-refractivity contribution in [1.29, 1.82) is 0 Å². The summed E-state index contributed by atoms with van der Waals surface area (Å²) in [5.41, 5.74) is 0. The molecule has 1 aliphatic rings. The van der Waals surface area contributed by atoms with E-state index in [9.17, 15) is 19.6 Å². The summed E-state index contributed by atoms with van der Waals surface area (Å²) in [6, 6.07) is -1.52. The van der Waals surface area contributed by atoms with Crippen molar-refractivity contribution in [3.8, 4) is 12.3 Å². The first-order chi connectivity index (χ1) is 9.19. The van der Waals surface area contributed by atoms with Crippen LogP contribution in [0.15, 0.2) is 0 Å². The fraction of sp³-hybridized carbons (Fsp3) is 0.667. The van der Waals surface area contributed by atoms with E-state index >= 15 is 0 Å². The normalized spacial score (nSPS) is 34.3. The van der Waals surface area contributed by atoms with Gasteiger partial charge in [0.1, 0.15) is 24.4 Å². The predicted octanol–water partition coefficient (Wildman–Crippen LogP) is -3.35. The highest BCUT2D eigenvalue weighted by molar-refractivity contribution is 7.46. The van der Waals surface area contributed by atoms with Gasteiger partial charge in [0.15, 0.2) is 6.29 Å². The first-order valence-electron chi connectivity index (χ1n) is 5.33. The number of ether oxygens (including phenoxy) is 1. The topological polar surface area (TPSA) is 166 Å². The molecule has 0 aromatic carbocycles. The Hall–Kier alpha value is -1.02. The fourth-order valence-corrected chi connectivity index (χ4v) is 2.11. The fourth-order valence-electron chi connectivity index (χ4n) is 1.65. The van der Waals surface area contributed by atoms with Crippen molar-refractivity contribution in [2.24, 2.45) is 0 Å². The van der Waals surface area contributed by atoms with Gasteiger partial charge in [-0.05, 0) is 5.92 Å². The molecule has 0 unspecified atom stereocenters. The van der Waals surface area contributed by atoms with Crippen molar-refractivity contribution in [3.63, 3.8) is 0 Å². The van der Waals surface area contributed by atoms with Gasteiger partial charge >= 0.3 is 7.82 Å². The van der Waals surface area contributed by atoms with Gasteiger partial charge in [0.05, 0.1) is 6.61 Å². The molecule has 1 aliphatic heterocycles. The summed E-state index contributed by atoms with van der Waals surface area (Å²) in [4.78, 5) is 28.6. The quantitative estimate of drug-likeness (QED) is 0.230. The molecule has 0 bridgehead atoms. The molecule has 0 aliphatic carbocycles. The summed E-state index contributed by atoms with van der Waals surface area (Å²) >= 11 is 0. The zero-order valence-corrected chi connectivity index (χ0v) is 10.9. The van der Waals surface area contributed by atoms with E-state index in [1.165, 1.54) is 0 Å². The number of terminal acetylenes is 1. The highest BCUT2D eigenvalue weighted by Gasteiger charge is 2.47. The average Bonchev–Trinajstić information content (AvgIpc) is 2.36. The molecule has 1 fully saturated rings. The van der Waals surface area contributed by atoms with Crippen LogP contribution in [0, 0.1) is 12.3 Å². The maximum absolute atomic E-state index is 11.1. The highest BCUT2D eigenvalue weighted by Crippen LogP contribution is 2.40. The molecule has 0 radical (unpaired) electrons. The number of hydrogen-bond acceptors (Lipinski definition) is 7. The van der Waals surface area contributed by atoms with Crippen LogP contribution in [0.1, 0.15) is 0 Å². The van der Waals surface area contributed by atoms with Crippen LogP contribution < -0.4 is 5.32 Å². The predicted molar refractivity (Wildman–Crippen MR) is 61.7 cm³/mol. The monoisotopic (exact) mass is 311 g/mol. The van der Waals surface area contributed by atoms with Gasteiger partial charge < -0.3 is 35.2 Å². The third-order valence-electron chi connectivity index (χ3n) is 2.55. The van der Waals surface area contributed by atoms with Crippen LogP contribution in [0.3, 0.4) is 0 Å². The lowest BCUT2D eigenvalue weighted by Gasteiger charge is -2.41. The third-order valence-corrected chi connectivity index (χ3v) is 3.03. The Balaban J connectivity index is 2.96. The molecule has 0 saturated carbocycles. The van der Waals surface area contributed by atoms with Crippen molar-refractivity contribution in [3.05, 3.63) is 0 Å². The van der Waals surface area contributed by atoms with Gasteiger partial charge in [-0.15, -0.1) is 6.42 Å². The number of phosphoric acid groups is 1. The Kier molecular flexibility index (Phi) is 5.64. The highest BCUT2D eigenvalue weighted by atomic mass is 31.2. The van der Waals surface area contributed by atoms with Crippen molar-refractivity contribution in [1.82, 2.24) is 5.32 Å². The maximum Gasteiger partial charge on any atom is 0.472 e. The molecule has 1 amide bonds. The largest absolute Gasteiger partial charge is 0.472 e. The number of rotatable bonds is 4. The van der Waals surface area contributed by atoms with Gasteiger partial charge in [0.2, 0.25) is 0 Å². The van der Waals surface area contributed by atoms with Crippen molar-refractivity contribution in [2.75, 3.05) is 6.61 Å². The van der Waals surface area contributed by atoms with E-state index in [-0.39, 0.29) is 0 Å². The number of carbonyl (C=O) groups excluding carboxylic acids is 1. The van der Waals surface area contributed by atoms with Gasteiger partial charge in [-0.1, -0.05) is 0 Å². The van der Waals surface area contributed by atoms with Gasteiger partial charge in [-0.3, -0.25) is 9.32 Å². The SMILES string of the molecule is C#CC(=O)N[C@H]1[C@@H](OP(=O)(O)O)O[C@H](CO)[C@H](O)[C@@H]1O. The summed E-state index contributed by atoms with van der Waals surface area (Å²) < 4.78 is 20.0. The summed E-state index contributed by atoms with van der Waals surface area (Å²) in [7, 11) is -5.01. The first kappa shape index (κ1) is 17.0. The molecule has 0 aromatic rings. The molecule has 5 atom stereocenters. The smallest absolute Gasteiger partial charge is 0.394 e. The van der Waals surface area contributed by atoms with E-state index in [4.69, 9.17) is 26.1 Å². The molecule has 1 saturated heterocycles. The lowest BCUT2D eigenvalue weighted by molar-refractivity contribution is -0.247. The number of hydrogen-bond donors (Lipinski definition) is 6. The molecule has 0 aromatic heterocycles. The summed E-state index contributed by atoms with van der Waals surface area (Å²) in [5.74, 6) is 0.651. The molecule has 114 valence electrons. The van der Waals surface area contributed by atoms with Gasteiger partial charge in [0.25, 0.3) is 5.91 Å². The number of amides is 1. The number of aliphatic hydroxyl groups excluding tert-OH is 3. The van der Waals surface area contributed by atoms with Gasteiger partial charge in [-0.2, -0.15) is 0 Å². The molecule has 11 heteroatoms. The second-order valence-corrected chi connectivity index (χ2v) is 5.14. The van der Waals surface area contributed by atoms with Crippen LogP contribution in [0.5, 0.6) is 0 Å². The zero-order valence-electron chi connectivity index (χ0n) is 9.99. The van der Waals surface area contributed by atoms with Crippen LogP contribution >= 0.6 is 7.82 Å². The summed E-state index contributed by atoms with van der Waals surface area (Å²) in [6.07, 6.45) is -1.66. The first-order valence-corrected chi connectivity index (χ1v) is 6.86. The Bertz CT molecular complexity index is 443. The molecular formula is C9H14NO9P. The molecule has 1 rings (SSSR count). The van der Waals surface area contributed by atoms with E-state index in [1.54, 1.807) is 5.92 Å². The van der Waals surface area contributed by atoms with Crippen LogP contribution in [-0.4, -0.2) is 68.3 Å². The Morgan fingerprint density at radius 2 is 2.00 bits per heavy atom. The Morgan fingerprint density at radius 3 is 2.45 bits per heavy atom. The maximum atomic E-state index is 11.1. The van der Waals surface area contributed by atoms with Crippen molar-refractivity contribution in [2.45, 2.75) is 30.6 Å². The van der Waals surface area contributed by atoms with E-state index in [2.05, 4.69) is 4.52 Å². The number of aliphatic hydroxyl groups is 3. The minimum absolute atomic E-state index is 0.741. The van der Waals surface area contributed by atoms with Crippen molar-refractivity contribution >= 4 is 13.7 Å². The van der Waals surface area contributed by atoms with Gasteiger partial charge in [0, 0.05) is 0 Å². The number of nitrogens with one attached hydrogen (secondary N) is 1. The summed E-state index contributed by atoms with van der Waals surface area (Å²) in [5, 5.41) is 30.4. The van der Waals surface area contributed by atoms with Crippen LogP contribution in [0.2, 0.25) is 0 Å². The number of carbonyl (C=O) groups is 1. The molecule has 0 spiro atoms.